The molecular weight excluding hydrogens is 190 g/mol. The fourth-order valence-corrected chi connectivity index (χ4v) is 2.39. The molecule has 1 heterocycles. The van der Waals surface area contributed by atoms with Crippen molar-refractivity contribution in [3.63, 3.8) is 0 Å². The van der Waals surface area contributed by atoms with E-state index in [1.165, 1.54) is 30.7 Å². The number of thiophene rings is 1. The van der Waals surface area contributed by atoms with Gasteiger partial charge in [-0.25, -0.2) is 0 Å². The predicted octanol–water partition coefficient (Wildman–Crippen LogP) is 3.32. The molecule has 1 unspecified atom stereocenters. The molecular formula is C12H21NS. The minimum Gasteiger partial charge on any atom is -0.317 e. The van der Waals surface area contributed by atoms with Crippen LogP contribution >= 0.6 is 11.3 Å². The van der Waals surface area contributed by atoms with E-state index in [9.17, 15) is 0 Å². The van der Waals surface area contributed by atoms with Crippen LogP contribution in [0.5, 0.6) is 0 Å². The number of rotatable bonds is 7. The van der Waals surface area contributed by atoms with Gasteiger partial charge in [-0.15, -0.1) is 11.3 Å². The minimum absolute atomic E-state index is 0.804. The van der Waals surface area contributed by atoms with Crippen molar-refractivity contribution in [1.29, 1.82) is 0 Å². The van der Waals surface area contributed by atoms with Gasteiger partial charge in [0.25, 0.3) is 0 Å². The fraction of sp³-hybridized carbons (Fsp3) is 0.667. The molecule has 0 aliphatic rings. The summed E-state index contributed by atoms with van der Waals surface area (Å²) in [4.78, 5) is 1.52. The normalized spacial score (nSPS) is 13.0. The highest BCUT2D eigenvalue weighted by molar-refractivity contribution is 7.09. The van der Waals surface area contributed by atoms with Gasteiger partial charge in [0.2, 0.25) is 0 Å². The molecule has 1 rings (SSSR count). The van der Waals surface area contributed by atoms with Gasteiger partial charge in [-0.05, 0) is 49.7 Å². The smallest absolute Gasteiger partial charge is 0.00478 e. The van der Waals surface area contributed by atoms with Crippen molar-refractivity contribution in [2.75, 3.05) is 13.1 Å². The first kappa shape index (κ1) is 11.7. The molecule has 1 aromatic rings. The third kappa shape index (κ3) is 4.77. The summed E-state index contributed by atoms with van der Waals surface area (Å²) in [6.07, 6.45) is 3.77. The Morgan fingerprint density at radius 1 is 1.43 bits per heavy atom. The van der Waals surface area contributed by atoms with Crippen molar-refractivity contribution in [2.45, 2.75) is 33.1 Å². The van der Waals surface area contributed by atoms with E-state index < -0.39 is 0 Å². The zero-order valence-corrected chi connectivity index (χ0v) is 10.1. The van der Waals surface area contributed by atoms with Crippen LogP contribution in [0.2, 0.25) is 0 Å². The van der Waals surface area contributed by atoms with Crippen LogP contribution in [0.15, 0.2) is 17.5 Å². The molecule has 1 N–H and O–H groups in total. The maximum atomic E-state index is 3.45. The van der Waals surface area contributed by atoms with Crippen molar-refractivity contribution in [3.8, 4) is 0 Å². The molecule has 80 valence electrons. The summed E-state index contributed by atoms with van der Waals surface area (Å²) in [6, 6.07) is 4.38. The molecule has 1 nitrogen and oxygen atoms in total. The molecule has 0 aromatic carbocycles. The molecule has 0 spiro atoms. The predicted molar refractivity (Wildman–Crippen MR) is 65.0 cm³/mol. The topological polar surface area (TPSA) is 12.0 Å². The van der Waals surface area contributed by atoms with Gasteiger partial charge >= 0.3 is 0 Å². The van der Waals surface area contributed by atoms with Crippen molar-refractivity contribution in [2.24, 2.45) is 5.92 Å². The van der Waals surface area contributed by atoms with Gasteiger partial charge in [0.1, 0.15) is 0 Å². The Hall–Kier alpha value is -0.340. The second kappa shape index (κ2) is 7.02. The second-order valence-corrected chi connectivity index (χ2v) is 4.96. The van der Waals surface area contributed by atoms with Gasteiger partial charge in [-0.1, -0.05) is 19.9 Å². The summed E-state index contributed by atoms with van der Waals surface area (Å²) in [6.45, 7) is 6.88. The van der Waals surface area contributed by atoms with E-state index in [0.717, 1.165) is 12.5 Å². The first-order chi connectivity index (χ1) is 6.83. The second-order valence-electron chi connectivity index (χ2n) is 3.93. The molecule has 0 aliphatic heterocycles. The van der Waals surface area contributed by atoms with Crippen molar-refractivity contribution >= 4 is 11.3 Å². The summed E-state index contributed by atoms with van der Waals surface area (Å²) in [5.74, 6) is 0.804. The Bertz CT molecular complexity index is 218. The van der Waals surface area contributed by atoms with Crippen LogP contribution in [-0.4, -0.2) is 13.1 Å². The Kier molecular flexibility index (Phi) is 5.88. The molecule has 0 aliphatic carbocycles. The number of hydrogen-bond donors (Lipinski definition) is 1. The van der Waals surface area contributed by atoms with E-state index >= 15 is 0 Å². The highest BCUT2D eigenvalue weighted by atomic mass is 32.1. The largest absolute Gasteiger partial charge is 0.317 e. The average Bonchev–Trinajstić information content (AvgIpc) is 2.65. The molecule has 1 atom stereocenters. The van der Waals surface area contributed by atoms with Crippen LogP contribution in [0, 0.1) is 5.92 Å². The highest BCUT2D eigenvalue weighted by Gasteiger charge is 2.03. The molecule has 0 amide bonds. The Morgan fingerprint density at radius 3 is 2.93 bits per heavy atom. The molecule has 1 aromatic heterocycles. The SMILES string of the molecule is CCCNCCC(C)Cc1cccs1. The number of nitrogens with one attached hydrogen (secondary N) is 1. The van der Waals surface area contributed by atoms with Crippen LogP contribution in [0.25, 0.3) is 0 Å². The van der Waals surface area contributed by atoms with Crippen molar-refractivity contribution in [3.05, 3.63) is 22.4 Å². The van der Waals surface area contributed by atoms with E-state index in [1.807, 2.05) is 11.3 Å². The quantitative estimate of drug-likeness (QED) is 0.682. The fourth-order valence-electron chi connectivity index (χ4n) is 1.52. The van der Waals surface area contributed by atoms with E-state index in [2.05, 4.69) is 36.7 Å². The van der Waals surface area contributed by atoms with Crippen LogP contribution in [-0.2, 0) is 6.42 Å². The monoisotopic (exact) mass is 211 g/mol. The first-order valence-corrected chi connectivity index (χ1v) is 6.44. The lowest BCUT2D eigenvalue weighted by molar-refractivity contribution is 0.501. The van der Waals surface area contributed by atoms with E-state index in [1.54, 1.807) is 0 Å². The zero-order chi connectivity index (χ0) is 10.2. The Morgan fingerprint density at radius 2 is 2.29 bits per heavy atom. The molecule has 14 heavy (non-hydrogen) atoms. The summed E-state index contributed by atoms with van der Waals surface area (Å²) in [7, 11) is 0. The third-order valence-corrected chi connectivity index (χ3v) is 3.27. The van der Waals surface area contributed by atoms with Crippen LogP contribution in [0.3, 0.4) is 0 Å². The van der Waals surface area contributed by atoms with Gasteiger partial charge in [0, 0.05) is 4.88 Å². The average molecular weight is 211 g/mol. The summed E-state index contributed by atoms with van der Waals surface area (Å²) < 4.78 is 0. The number of hydrogen-bond acceptors (Lipinski definition) is 2. The lowest BCUT2D eigenvalue weighted by atomic mass is 10.0. The molecule has 0 fully saturated rings. The molecule has 0 radical (unpaired) electrons. The van der Waals surface area contributed by atoms with Crippen molar-refractivity contribution in [1.82, 2.24) is 5.32 Å². The maximum Gasteiger partial charge on any atom is 0.00478 e. The van der Waals surface area contributed by atoms with Crippen molar-refractivity contribution < 1.29 is 0 Å². The van der Waals surface area contributed by atoms with Gasteiger partial charge in [-0.2, -0.15) is 0 Å². The summed E-state index contributed by atoms with van der Waals surface area (Å²) >= 11 is 1.87. The van der Waals surface area contributed by atoms with E-state index in [-0.39, 0.29) is 0 Å². The third-order valence-electron chi connectivity index (χ3n) is 2.37. The molecule has 0 saturated heterocycles. The maximum absolute atomic E-state index is 3.45. The standard InChI is InChI=1S/C12H21NS/c1-3-7-13-8-6-11(2)10-12-5-4-9-14-12/h4-5,9,11,13H,3,6-8,10H2,1-2H3. The van der Waals surface area contributed by atoms with Gasteiger partial charge in [-0.3, -0.25) is 0 Å². The lowest BCUT2D eigenvalue weighted by Crippen LogP contribution is -2.18. The van der Waals surface area contributed by atoms with Gasteiger partial charge < -0.3 is 5.32 Å². The van der Waals surface area contributed by atoms with Crippen LogP contribution in [0.4, 0.5) is 0 Å². The van der Waals surface area contributed by atoms with Gasteiger partial charge in [0.05, 0.1) is 0 Å². The zero-order valence-electron chi connectivity index (χ0n) is 9.25. The minimum atomic E-state index is 0.804. The highest BCUT2D eigenvalue weighted by Crippen LogP contribution is 2.15. The lowest BCUT2D eigenvalue weighted by Gasteiger charge is -2.10. The summed E-state index contributed by atoms with van der Waals surface area (Å²) in [5.41, 5.74) is 0. The molecule has 2 heteroatoms. The molecule has 0 saturated carbocycles. The Labute approximate surface area is 91.5 Å². The van der Waals surface area contributed by atoms with E-state index in [4.69, 9.17) is 0 Å². The summed E-state index contributed by atoms with van der Waals surface area (Å²) in [5, 5.41) is 5.61. The Balaban J connectivity index is 2.07. The van der Waals surface area contributed by atoms with Crippen LogP contribution < -0.4 is 5.32 Å². The van der Waals surface area contributed by atoms with Gasteiger partial charge in [0.15, 0.2) is 0 Å². The van der Waals surface area contributed by atoms with E-state index in [0.29, 0.717) is 0 Å². The van der Waals surface area contributed by atoms with Crippen LogP contribution in [0.1, 0.15) is 31.6 Å². The molecule has 0 bridgehead atoms. The first-order valence-electron chi connectivity index (χ1n) is 5.56.